The van der Waals surface area contributed by atoms with Gasteiger partial charge in [0.15, 0.2) is 0 Å². The molecule has 2 aromatic rings. The van der Waals surface area contributed by atoms with Crippen molar-refractivity contribution in [3.63, 3.8) is 0 Å². The summed E-state index contributed by atoms with van der Waals surface area (Å²) in [6.07, 6.45) is 4.17. The predicted octanol–water partition coefficient (Wildman–Crippen LogP) is 1.35. The molecule has 0 radical (unpaired) electrons. The number of hydrogen-bond acceptors (Lipinski definition) is 4. The number of benzene rings is 1. The molecule has 1 aromatic heterocycles. The van der Waals surface area contributed by atoms with Gasteiger partial charge in [-0.1, -0.05) is 12.1 Å². The minimum absolute atomic E-state index is 0.239. The topological polar surface area (TPSA) is 72.0 Å². The minimum atomic E-state index is 0.239. The average molecular weight is 215 g/mol. The molecular formula is C12H13N3O. The quantitative estimate of drug-likeness (QED) is 0.810. The van der Waals surface area contributed by atoms with Gasteiger partial charge in [-0.3, -0.25) is 0 Å². The van der Waals surface area contributed by atoms with Crippen LogP contribution >= 0.6 is 0 Å². The molecule has 0 aliphatic carbocycles. The van der Waals surface area contributed by atoms with Crippen molar-refractivity contribution in [2.45, 2.75) is 6.42 Å². The maximum absolute atomic E-state index is 9.36. The van der Waals surface area contributed by atoms with Gasteiger partial charge >= 0.3 is 0 Å². The van der Waals surface area contributed by atoms with Crippen molar-refractivity contribution in [3.8, 4) is 16.9 Å². The molecule has 4 heteroatoms. The number of nitrogens with zero attached hydrogens (tertiary/aromatic N) is 2. The molecule has 0 amide bonds. The summed E-state index contributed by atoms with van der Waals surface area (Å²) in [6, 6.07) is 7.01. The number of aromatic nitrogens is 2. The third-order valence-electron chi connectivity index (χ3n) is 2.25. The molecule has 0 saturated carbocycles. The molecule has 0 saturated heterocycles. The van der Waals surface area contributed by atoms with Gasteiger partial charge in [-0.25, -0.2) is 9.97 Å². The Bertz CT molecular complexity index is 468. The van der Waals surface area contributed by atoms with Crippen LogP contribution in [0, 0.1) is 0 Å². The van der Waals surface area contributed by atoms with Crippen LogP contribution in [0.2, 0.25) is 0 Å². The summed E-state index contributed by atoms with van der Waals surface area (Å²) < 4.78 is 0. The molecule has 0 bridgehead atoms. The van der Waals surface area contributed by atoms with Crippen molar-refractivity contribution in [1.29, 1.82) is 0 Å². The standard InChI is InChI=1S/C12H13N3O/c13-5-4-12-14-7-10(8-15-12)9-2-1-3-11(16)6-9/h1-3,6-8,16H,4-5,13H2. The second kappa shape index (κ2) is 4.72. The van der Waals surface area contributed by atoms with Crippen LogP contribution in [0.15, 0.2) is 36.7 Å². The van der Waals surface area contributed by atoms with Gasteiger partial charge in [0.25, 0.3) is 0 Å². The van der Waals surface area contributed by atoms with Crippen molar-refractivity contribution in [2.24, 2.45) is 5.73 Å². The van der Waals surface area contributed by atoms with Crippen molar-refractivity contribution in [2.75, 3.05) is 6.54 Å². The Kier molecular flexibility index (Phi) is 3.12. The van der Waals surface area contributed by atoms with Crippen LogP contribution in [0.4, 0.5) is 0 Å². The van der Waals surface area contributed by atoms with Crippen molar-refractivity contribution in [3.05, 3.63) is 42.5 Å². The van der Waals surface area contributed by atoms with Crippen molar-refractivity contribution >= 4 is 0 Å². The number of phenolic OH excluding ortho intramolecular Hbond substituents is 1. The summed E-state index contributed by atoms with van der Waals surface area (Å²) in [4.78, 5) is 8.40. The van der Waals surface area contributed by atoms with E-state index in [9.17, 15) is 5.11 Å². The largest absolute Gasteiger partial charge is 0.508 e. The van der Waals surface area contributed by atoms with Gasteiger partial charge in [-0.05, 0) is 24.2 Å². The molecule has 0 aliphatic heterocycles. The van der Waals surface area contributed by atoms with Crippen LogP contribution in [0.1, 0.15) is 5.82 Å². The van der Waals surface area contributed by atoms with Gasteiger partial charge in [0, 0.05) is 24.4 Å². The van der Waals surface area contributed by atoms with Gasteiger partial charge in [0.05, 0.1) is 0 Å². The van der Waals surface area contributed by atoms with Gasteiger partial charge in [-0.2, -0.15) is 0 Å². The molecular weight excluding hydrogens is 202 g/mol. The predicted molar refractivity (Wildman–Crippen MR) is 61.9 cm³/mol. The van der Waals surface area contributed by atoms with Crippen LogP contribution in [-0.2, 0) is 6.42 Å². The Morgan fingerprint density at radius 3 is 2.50 bits per heavy atom. The SMILES string of the molecule is NCCc1ncc(-c2cccc(O)c2)cn1. The smallest absolute Gasteiger partial charge is 0.129 e. The van der Waals surface area contributed by atoms with E-state index in [2.05, 4.69) is 9.97 Å². The van der Waals surface area contributed by atoms with Gasteiger partial charge in [0.2, 0.25) is 0 Å². The molecule has 0 atom stereocenters. The molecule has 0 fully saturated rings. The Morgan fingerprint density at radius 1 is 1.12 bits per heavy atom. The van der Waals surface area contributed by atoms with E-state index in [0.29, 0.717) is 13.0 Å². The van der Waals surface area contributed by atoms with Crippen LogP contribution in [0.3, 0.4) is 0 Å². The molecule has 0 unspecified atom stereocenters. The maximum Gasteiger partial charge on any atom is 0.129 e. The Labute approximate surface area is 93.8 Å². The summed E-state index contributed by atoms with van der Waals surface area (Å²) >= 11 is 0. The van der Waals surface area contributed by atoms with Crippen LogP contribution in [-0.4, -0.2) is 21.6 Å². The fourth-order valence-corrected chi connectivity index (χ4v) is 1.45. The molecule has 0 aliphatic rings. The summed E-state index contributed by atoms with van der Waals surface area (Å²) in [7, 11) is 0. The van der Waals surface area contributed by atoms with E-state index >= 15 is 0 Å². The Hall–Kier alpha value is -1.94. The fraction of sp³-hybridized carbons (Fsp3) is 0.167. The van der Waals surface area contributed by atoms with E-state index < -0.39 is 0 Å². The van der Waals surface area contributed by atoms with Gasteiger partial charge in [-0.15, -0.1) is 0 Å². The first-order valence-corrected chi connectivity index (χ1v) is 5.10. The molecule has 16 heavy (non-hydrogen) atoms. The monoisotopic (exact) mass is 215 g/mol. The van der Waals surface area contributed by atoms with E-state index in [1.54, 1.807) is 30.6 Å². The number of aromatic hydroxyl groups is 1. The summed E-state index contributed by atoms with van der Waals surface area (Å²) in [5, 5.41) is 9.36. The number of phenols is 1. The van der Waals surface area contributed by atoms with Crippen molar-refractivity contribution < 1.29 is 5.11 Å². The highest BCUT2D eigenvalue weighted by atomic mass is 16.3. The minimum Gasteiger partial charge on any atom is -0.508 e. The maximum atomic E-state index is 9.36. The summed E-state index contributed by atoms with van der Waals surface area (Å²) in [5.74, 6) is 0.981. The molecule has 4 nitrogen and oxygen atoms in total. The number of nitrogens with two attached hydrogens (primary N) is 1. The first-order chi connectivity index (χ1) is 7.79. The van der Waals surface area contributed by atoms with Crippen molar-refractivity contribution in [1.82, 2.24) is 9.97 Å². The zero-order chi connectivity index (χ0) is 11.4. The lowest BCUT2D eigenvalue weighted by molar-refractivity contribution is 0.475. The zero-order valence-electron chi connectivity index (χ0n) is 8.80. The lowest BCUT2D eigenvalue weighted by Gasteiger charge is -2.02. The molecule has 3 N–H and O–H groups in total. The molecule has 1 heterocycles. The van der Waals surface area contributed by atoms with E-state index in [1.807, 2.05) is 6.07 Å². The second-order valence-electron chi connectivity index (χ2n) is 3.48. The second-order valence-corrected chi connectivity index (χ2v) is 3.48. The fourth-order valence-electron chi connectivity index (χ4n) is 1.45. The van der Waals surface area contributed by atoms with Crippen LogP contribution < -0.4 is 5.73 Å². The van der Waals surface area contributed by atoms with E-state index in [-0.39, 0.29) is 5.75 Å². The van der Waals surface area contributed by atoms with Gasteiger partial charge in [0.1, 0.15) is 11.6 Å². The lowest BCUT2D eigenvalue weighted by Crippen LogP contribution is -2.06. The first-order valence-electron chi connectivity index (χ1n) is 5.10. The third-order valence-corrected chi connectivity index (χ3v) is 2.25. The summed E-state index contributed by atoms with van der Waals surface area (Å²) in [5.41, 5.74) is 7.20. The van der Waals surface area contributed by atoms with E-state index in [0.717, 1.165) is 17.0 Å². The first kappa shape index (κ1) is 10.6. The normalized spacial score (nSPS) is 10.3. The lowest BCUT2D eigenvalue weighted by atomic mass is 10.1. The molecule has 82 valence electrons. The highest BCUT2D eigenvalue weighted by molar-refractivity contribution is 5.63. The average Bonchev–Trinajstić information content (AvgIpc) is 2.30. The number of hydrogen-bond donors (Lipinski definition) is 2. The highest BCUT2D eigenvalue weighted by Gasteiger charge is 2.00. The third kappa shape index (κ3) is 2.35. The molecule has 1 aromatic carbocycles. The molecule has 2 rings (SSSR count). The Balaban J connectivity index is 2.27. The molecule has 0 spiro atoms. The van der Waals surface area contributed by atoms with E-state index in [4.69, 9.17) is 5.73 Å². The van der Waals surface area contributed by atoms with E-state index in [1.165, 1.54) is 0 Å². The summed E-state index contributed by atoms with van der Waals surface area (Å²) in [6.45, 7) is 0.547. The van der Waals surface area contributed by atoms with Gasteiger partial charge < -0.3 is 10.8 Å². The van der Waals surface area contributed by atoms with Crippen LogP contribution in [0.25, 0.3) is 11.1 Å². The zero-order valence-corrected chi connectivity index (χ0v) is 8.80. The Morgan fingerprint density at radius 2 is 1.88 bits per heavy atom. The van der Waals surface area contributed by atoms with Crippen LogP contribution in [0.5, 0.6) is 5.75 Å². The highest BCUT2D eigenvalue weighted by Crippen LogP contribution is 2.21. The number of rotatable bonds is 3.